The molecule has 0 aliphatic rings. The van der Waals surface area contributed by atoms with E-state index in [4.69, 9.17) is 5.53 Å². The molecule has 16 heavy (non-hydrogen) atoms. The lowest BCUT2D eigenvalue weighted by atomic mass is 10.2. The second kappa shape index (κ2) is 4.11. The second-order valence-corrected chi connectivity index (χ2v) is 2.54. The van der Waals surface area contributed by atoms with Gasteiger partial charge < -0.3 is 5.11 Å². The molecule has 1 rings (SSSR count). The number of aromatic hydroxyl groups is 1. The molecule has 0 radical (unpaired) electrons. The molecule has 0 saturated carbocycles. The van der Waals surface area contributed by atoms with Crippen molar-refractivity contribution in [3.05, 3.63) is 42.8 Å². The van der Waals surface area contributed by atoms with Gasteiger partial charge in [0.25, 0.3) is 5.69 Å². The van der Waals surface area contributed by atoms with Crippen molar-refractivity contribution >= 4 is 17.1 Å². The van der Waals surface area contributed by atoms with E-state index in [0.29, 0.717) is 6.07 Å². The lowest BCUT2D eigenvalue weighted by Crippen LogP contribution is -1.93. The summed E-state index contributed by atoms with van der Waals surface area (Å²) in [7, 11) is 0. The van der Waals surface area contributed by atoms with Crippen LogP contribution in [0.5, 0.6) is 5.75 Å². The van der Waals surface area contributed by atoms with Crippen LogP contribution in [-0.4, -0.2) is 15.0 Å². The first-order valence-electron chi connectivity index (χ1n) is 3.68. The Labute approximate surface area is 86.7 Å². The van der Waals surface area contributed by atoms with Gasteiger partial charge in [-0.15, -0.1) is 0 Å². The maximum absolute atomic E-state index is 10.4. The molecule has 0 aliphatic carbocycles. The van der Waals surface area contributed by atoms with Crippen LogP contribution in [0.4, 0.5) is 17.1 Å². The highest BCUT2D eigenvalue weighted by Crippen LogP contribution is 2.39. The minimum atomic E-state index is -1.02. The van der Waals surface area contributed by atoms with Crippen LogP contribution in [0.25, 0.3) is 10.4 Å². The summed E-state index contributed by atoms with van der Waals surface area (Å²) in [6, 6.07) is 1.31. The van der Waals surface area contributed by atoms with Gasteiger partial charge in [0.05, 0.1) is 21.6 Å². The molecule has 0 amide bonds. The van der Waals surface area contributed by atoms with E-state index in [-0.39, 0.29) is 0 Å². The highest BCUT2D eigenvalue weighted by atomic mass is 16.6. The molecular formula is C6H3N5O5. The largest absolute Gasteiger partial charge is 0.502 e. The number of phenolic OH excluding ortho intramolecular Hbond substituents is 1. The fourth-order valence-electron chi connectivity index (χ4n) is 0.959. The molecule has 1 N–H and O–H groups in total. The Morgan fingerprint density at radius 1 is 1.31 bits per heavy atom. The highest BCUT2D eigenvalue weighted by molar-refractivity contribution is 5.67. The smallest absolute Gasteiger partial charge is 0.318 e. The van der Waals surface area contributed by atoms with Crippen molar-refractivity contribution in [3.8, 4) is 5.75 Å². The third-order valence-electron chi connectivity index (χ3n) is 1.61. The van der Waals surface area contributed by atoms with Crippen molar-refractivity contribution in [2.24, 2.45) is 5.11 Å². The van der Waals surface area contributed by atoms with Crippen LogP contribution in [0.15, 0.2) is 17.2 Å². The topological polar surface area (TPSA) is 155 Å². The van der Waals surface area contributed by atoms with Gasteiger partial charge in [0.2, 0.25) is 5.75 Å². The first-order valence-corrected chi connectivity index (χ1v) is 3.68. The molecule has 0 aliphatic heterocycles. The third kappa shape index (κ3) is 1.96. The average molecular weight is 225 g/mol. The maximum Gasteiger partial charge on any atom is 0.318 e. The number of rotatable bonds is 3. The molecule has 1 aromatic carbocycles. The molecule has 10 heteroatoms. The minimum Gasteiger partial charge on any atom is -0.502 e. The Hall–Kier alpha value is -2.87. The molecule has 0 spiro atoms. The van der Waals surface area contributed by atoms with Crippen molar-refractivity contribution in [1.82, 2.24) is 0 Å². The summed E-state index contributed by atoms with van der Waals surface area (Å²) >= 11 is 0. The molecule has 0 heterocycles. The Morgan fingerprint density at radius 3 is 2.38 bits per heavy atom. The van der Waals surface area contributed by atoms with E-state index in [1.54, 1.807) is 0 Å². The van der Waals surface area contributed by atoms with Crippen LogP contribution < -0.4 is 0 Å². The van der Waals surface area contributed by atoms with E-state index < -0.39 is 32.7 Å². The molecule has 1 aromatic rings. The van der Waals surface area contributed by atoms with Gasteiger partial charge in [-0.25, -0.2) is 0 Å². The second-order valence-electron chi connectivity index (χ2n) is 2.54. The molecule has 82 valence electrons. The van der Waals surface area contributed by atoms with Gasteiger partial charge in [-0.05, 0) is 5.53 Å². The average Bonchev–Trinajstić information content (AvgIpc) is 2.20. The molecule has 0 bridgehead atoms. The van der Waals surface area contributed by atoms with Crippen molar-refractivity contribution in [3.63, 3.8) is 0 Å². The number of phenols is 1. The van der Waals surface area contributed by atoms with Crippen LogP contribution in [0, 0.1) is 20.2 Å². The Kier molecular flexibility index (Phi) is 2.88. The number of benzene rings is 1. The number of azide groups is 1. The molecule has 10 nitrogen and oxygen atoms in total. The van der Waals surface area contributed by atoms with E-state index in [1.165, 1.54) is 0 Å². The zero-order chi connectivity index (χ0) is 12.3. The van der Waals surface area contributed by atoms with Crippen molar-refractivity contribution in [2.45, 2.75) is 0 Å². The molecule has 0 aromatic heterocycles. The lowest BCUT2D eigenvalue weighted by Gasteiger charge is -1.99. The van der Waals surface area contributed by atoms with Crippen LogP contribution >= 0.6 is 0 Å². The van der Waals surface area contributed by atoms with Gasteiger partial charge in [0, 0.05) is 11.0 Å². The highest BCUT2D eigenvalue weighted by Gasteiger charge is 2.22. The zero-order valence-electron chi connectivity index (χ0n) is 7.47. The first kappa shape index (κ1) is 11.2. The van der Waals surface area contributed by atoms with Gasteiger partial charge in [-0.1, -0.05) is 5.11 Å². The maximum atomic E-state index is 10.4. The van der Waals surface area contributed by atoms with Crippen LogP contribution in [0.1, 0.15) is 0 Å². The van der Waals surface area contributed by atoms with Gasteiger partial charge in [0.15, 0.2) is 0 Å². The third-order valence-corrected chi connectivity index (χ3v) is 1.61. The van der Waals surface area contributed by atoms with Crippen LogP contribution in [0.2, 0.25) is 0 Å². The zero-order valence-corrected chi connectivity index (χ0v) is 7.47. The van der Waals surface area contributed by atoms with E-state index in [1.807, 2.05) is 0 Å². The van der Waals surface area contributed by atoms with Gasteiger partial charge in [-0.2, -0.15) is 0 Å². The van der Waals surface area contributed by atoms with Gasteiger partial charge in [0.1, 0.15) is 0 Å². The summed E-state index contributed by atoms with van der Waals surface area (Å²) in [6.45, 7) is 0. The van der Waals surface area contributed by atoms with E-state index >= 15 is 0 Å². The fourth-order valence-corrected chi connectivity index (χ4v) is 0.959. The summed E-state index contributed by atoms with van der Waals surface area (Å²) < 4.78 is 0. The monoisotopic (exact) mass is 225 g/mol. The first-order chi connectivity index (χ1) is 7.47. The molecule has 0 saturated heterocycles. The van der Waals surface area contributed by atoms with E-state index in [2.05, 4.69) is 10.0 Å². The molecular weight excluding hydrogens is 222 g/mol. The Bertz CT molecular complexity index is 497. The van der Waals surface area contributed by atoms with Crippen molar-refractivity contribution in [1.29, 1.82) is 0 Å². The number of nitrogens with zero attached hydrogens (tertiary/aromatic N) is 5. The Balaban J connectivity index is 3.56. The molecule has 0 fully saturated rings. The standard InChI is InChI=1S/C6H3N5O5/c7-9-8-4-1-3(10(13)14)2-5(6(4)12)11(15)16/h1-2,12H. The predicted octanol–water partition coefficient (Wildman–Crippen LogP) is 2.15. The summed E-state index contributed by atoms with van der Waals surface area (Å²) in [5.41, 5.74) is 6.01. The fraction of sp³-hybridized carbons (Fsp3) is 0. The van der Waals surface area contributed by atoms with Crippen molar-refractivity contribution < 1.29 is 15.0 Å². The Morgan fingerprint density at radius 2 is 1.94 bits per heavy atom. The van der Waals surface area contributed by atoms with E-state index in [9.17, 15) is 25.3 Å². The summed E-state index contributed by atoms with van der Waals surface area (Å²) in [6.07, 6.45) is 0. The number of hydrogen-bond acceptors (Lipinski definition) is 6. The van der Waals surface area contributed by atoms with Crippen LogP contribution in [0.3, 0.4) is 0 Å². The number of non-ortho nitro benzene ring substituents is 1. The molecule has 0 unspecified atom stereocenters. The normalized spacial score (nSPS) is 9.25. The van der Waals surface area contributed by atoms with Crippen LogP contribution in [-0.2, 0) is 0 Å². The minimum absolute atomic E-state index is 0.566. The summed E-state index contributed by atoms with van der Waals surface area (Å²) in [5.74, 6) is -0.909. The van der Waals surface area contributed by atoms with Gasteiger partial charge >= 0.3 is 5.69 Å². The predicted molar refractivity (Wildman–Crippen MR) is 50.2 cm³/mol. The number of hydrogen-bond donors (Lipinski definition) is 1. The SMILES string of the molecule is [N-]=[N+]=Nc1cc([N+](=O)[O-])cc([N+](=O)[O-])c1O. The quantitative estimate of drug-likeness (QED) is 0.274. The number of nitro benzene ring substituents is 2. The lowest BCUT2D eigenvalue weighted by molar-refractivity contribution is -0.394. The van der Waals surface area contributed by atoms with E-state index in [0.717, 1.165) is 6.07 Å². The summed E-state index contributed by atoms with van der Waals surface area (Å²) in [5, 5.41) is 33.0. The van der Waals surface area contributed by atoms with Crippen molar-refractivity contribution in [2.75, 3.05) is 0 Å². The molecule has 0 atom stereocenters. The number of nitro groups is 2. The van der Waals surface area contributed by atoms with Gasteiger partial charge in [-0.3, -0.25) is 20.2 Å². The summed E-state index contributed by atoms with van der Waals surface area (Å²) in [4.78, 5) is 21.2.